The lowest BCUT2D eigenvalue weighted by molar-refractivity contribution is -0.303. The average molecular weight is 748 g/mol. The van der Waals surface area contributed by atoms with E-state index in [1.807, 2.05) is 0 Å². The van der Waals surface area contributed by atoms with Crippen molar-refractivity contribution in [2.24, 2.45) is 0 Å². The second-order valence-electron chi connectivity index (χ2n) is 15.4. The van der Waals surface area contributed by atoms with Gasteiger partial charge in [-0.1, -0.05) is 174 Å². The Kier molecular flexibility index (Phi) is 30.6. The fourth-order valence-corrected chi connectivity index (χ4v) is 7.03. The van der Waals surface area contributed by atoms with Crippen LogP contribution in [0.5, 0.6) is 0 Å². The first-order valence-electron chi connectivity index (χ1n) is 21.4. The van der Waals surface area contributed by atoms with Crippen LogP contribution in [0.4, 0.5) is 0 Å². The summed E-state index contributed by atoms with van der Waals surface area (Å²) >= 11 is 0. The van der Waals surface area contributed by atoms with E-state index < -0.39 is 74.2 Å². The van der Waals surface area contributed by atoms with Gasteiger partial charge in [-0.15, -0.1) is 0 Å². The van der Waals surface area contributed by atoms with Crippen LogP contribution in [0.25, 0.3) is 0 Å². The van der Waals surface area contributed by atoms with Crippen molar-refractivity contribution in [2.45, 2.75) is 242 Å². The van der Waals surface area contributed by atoms with Gasteiger partial charge in [0.2, 0.25) is 5.91 Å². The largest absolute Gasteiger partial charge is 0.394 e. The van der Waals surface area contributed by atoms with Crippen LogP contribution in [0.2, 0.25) is 0 Å². The molecule has 9 atom stereocenters. The van der Waals surface area contributed by atoms with E-state index in [9.17, 15) is 40.5 Å². The van der Waals surface area contributed by atoms with E-state index in [1.54, 1.807) is 0 Å². The number of unbranched alkanes of at least 4 members (excludes halogenated alkanes) is 23. The lowest BCUT2D eigenvalue weighted by Gasteiger charge is -2.40. The van der Waals surface area contributed by atoms with Crippen LogP contribution in [0.1, 0.15) is 187 Å². The average Bonchev–Trinajstić information content (AvgIpc) is 3.14. The maximum atomic E-state index is 13.0. The molecule has 1 aliphatic heterocycles. The molecule has 1 fully saturated rings. The van der Waals surface area contributed by atoms with Gasteiger partial charge in [-0.2, -0.15) is 0 Å². The van der Waals surface area contributed by atoms with E-state index >= 15 is 0 Å². The number of hydrogen-bond acceptors (Lipinski definition) is 10. The number of hydrogen-bond donors (Lipinski definition) is 8. The Morgan fingerprint density at radius 3 is 1.42 bits per heavy atom. The highest BCUT2D eigenvalue weighted by atomic mass is 16.7. The molecule has 0 bridgehead atoms. The highest BCUT2D eigenvalue weighted by Crippen LogP contribution is 2.23. The van der Waals surface area contributed by atoms with E-state index in [-0.39, 0.29) is 6.42 Å². The predicted molar refractivity (Wildman–Crippen MR) is 206 cm³/mol. The SMILES string of the molecule is CCCCCCCCCCCCCCCCCCCCCC[C@@H](O)C(=O)N[C@@H](CO[C@@H]1O[C@H](CO)[C@H](O)[C@H](O)[C@H]1O)[C@H](O)[C@H](O)CCCCCCC. The van der Waals surface area contributed by atoms with E-state index in [0.717, 1.165) is 44.9 Å². The van der Waals surface area contributed by atoms with Crippen LogP contribution in [0.3, 0.4) is 0 Å². The quantitative estimate of drug-likeness (QED) is 0.0360. The summed E-state index contributed by atoms with van der Waals surface area (Å²) in [5, 5.41) is 74.9. The molecule has 52 heavy (non-hydrogen) atoms. The molecule has 1 saturated heterocycles. The number of rotatable bonds is 35. The zero-order chi connectivity index (χ0) is 38.4. The van der Waals surface area contributed by atoms with Crippen molar-refractivity contribution in [3.63, 3.8) is 0 Å². The van der Waals surface area contributed by atoms with Gasteiger partial charge in [0.1, 0.15) is 36.6 Å². The molecule has 0 aromatic carbocycles. The molecule has 0 unspecified atom stereocenters. The molecule has 11 nitrogen and oxygen atoms in total. The Labute approximate surface area is 316 Å². The van der Waals surface area contributed by atoms with Crippen molar-refractivity contribution >= 4 is 5.91 Å². The van der Waals surface area contributed by atoms with Gasteiger partial charge in [0.15, 0.2) is 6.29 Å². The molecule has 8 N–H and O–H groups in total. The molecule has 0 aromatic rings. The Morgan fingerprint density at radius 1 is 0.596 bits per heavy atom. The summed E-state index contributed by atoms with van der Waals surface area (Å²) in [7, 11) is 0. The minimum atomic E-state index is -1.65. The Balaban J connectivity index is 2.32. The van der Waals surface area contributed by atoms with Crippen LogP contribution in [0, 0.1) is 0 Å². The summed E-state index contributed by atoms with van der Waals surface area (Å²) in [4.78, 5) is 13.0. The van der Waals surface area contributed by atoms with Gasteiger partial charge in [0.25, 0.3) is 0 Å². The number of carbonyl (C=O) groups excluding carboxylic acids is 1. The van der Waals surface area contributed by atoms with E-state index in [2.05, 4.69) is 19.2 Å². The van der Waals surface area contributed by atoms with Gasteiger partial charge in [-0.25, -0.2) is 0 Å². The molecule has 0 spiro atoms. The first kappa shape index (κ1) is 49.1. The maximum absolute atomic E-state index is 13.0. The number of ether oxygens (including phenoxy) is 2. The smallest absolute Gasteiger partial charge is 0.249 e. The van der Waals surface area contributed by atoms with E-state index in [0.29, 0.717) is 19.3 Å². The van der Waals surface area contributed by atoms with Gasteiger partial charge < -0.3 is 50.5 Å². The van der Waals surface area contributed by atoms with Crippen molar-refractivity contribution in [2.75, 3.05) is 13.2 Å². The standard InChI is InChI=1S/C41H81NO10/c1-3-5-7-9-10-11-12-13-14-15-16-17-18-19-20-21-22-23-25-27-29-34(45)40(50)42-32(36(46)33(44)28-26-24-8-6-4-2)31-51-41-39(49)38(48)37(47)35(30-43)52-41/h32-39,41,43-49H,3-31H2,1-2H3,(H,42,50)/t32-,33+,34+,35+,36-,37-,38-,39+,41+/m0/s1. The normalized spacial score (nSPS) is 23.0. The molecule has 1 heterocycles. The van der Waals surface area contributed by atoms with Gasteiger partial charge in [-0.05, 0) is 12.8 Å². The number of amides is 1. The Morgan fingerprint density at radius 2 is 1.00 bits per heavy atom. The van der Waals surface area contributed by atoms with Crippen molar-refractivity contribution in [1.82, 2.24) is 5.32 Å². The summed E-state index contributed by atoms with van der Waals surface area (Å²) in [6.07, 6.45) is 19.4. The number of aliphatic hydroxyl groups excluding tert-OH is 7. The third kappa shape index (κ3) is 22.5. The zero-order valence-corrected chi connectivity index (χ0v) is 33.1. The summed E-state index contributed by atoms with van der Waals surface area (Å²) in [5.74, 6) is -0.700. The first-order valence-corrected chi connectivity index (χ1v) is 21.4. The molecule has 1 aliphatic rings. The molecular weight excluding hydrogens is 666 g/mol. The van der Waals surface area contributed by atoms with Crippen LogP contribution in [0.15, 0.2) is 0 Å². The number of aliphatic hydroxyl groups is 7. The lowest BCUT2D eigenvalue weighted by atomic mass is 9.98. The lowest BCUT2D eigenvalue weighted by Crippen LogP contribution is -2.60. The summed E-state index contributed by atoms with van der Waals surface area (Å²) in [6.45, 7) is 3.33. The molecular formula is C41H81NO10. The van der Waals surface area contributed by atoms with Crippen molar-refractivity contribution < 1.29 is 50.0 Å². The second-order valence-corrected chi connectivity index (χ2v) is 15.4. The van der Waals surface area contributed by atoms with Crippen LogP contribution in [-0.2, 0) is 14.3 Å². The molecule has 0 radical (unpaired) electrons. The van der Waals surface area contributed by atoms with Crippen molar-refractivity contribution in [3.05, 3.63) is 0 Å². The minimum absolute atomic E-state index is 0.265. The fourth-order valence-electron chi connectivity index (χ4n) is 7.03. The Bertz CT molecular complexity index is 820. The fraction of sp³-hybridized carbons (Fsp3) is 0.976. The molecule has 310 valence electrons. The monoisotopic (exact) mass is 748 g/mol. The van der Waals surface area contributed by atoms with Gasteiger partial charge in [0, 0.05) is 0 Å². The summed E-state index contributed by atoms with van der Waals surface area (Å²) in [6, 6.07) is -1.16. The van der Waals surface area contributed by atoms with E-state index in [1.165, 1.54) is 103 Å². The topological polar surface area (TPSA) is 189 Å². The molecule has 1 amide bonds. The molecule has 11 heteroatoms. The molecule has 1 rings (SSSR count). The van der Waals surface area contributed by atoms with Crippen LogP contribution in [-0.4, -0.2) is 110 Å². The van der Waals surface area contributed by atoms with Crippen LogP contribution >= 0.6 is 0 Å². The number of carbonyl (C=O) groups is 1. The highest BCUT2D eigenvalue weighted by Gasteiger charge is 2.44. The third-order valence-electron chi connectivity index (χ3n) is 10.7. The van der Waals surface area contributed by atoms with Crippen molar-refractivity contribution in [1.29, 1.82) is 0 Å². The molecule has 0 aromatic heterocycles. The summed E-state index contributed by atoms with van der Waals surface area (Å²) < 4.78 is 11.0. The minimum Gasteiger partial charge on any atom is -0.394 e. The summed E-state index contributed by atoms with van der Waals surface area (Å²) in [5.41, 5.74) is 0. The maximum Gasteiger partial charge on any atom is 0.249 e. The number of nitrogens with one attached hydrogen (secondary N) is 1. The predicted octanol–water partition coefficient (Wildman–Crippen LogP) is 5.94. The Hall–Kier alpha value is -0.890. The third-order valence-corrected chi connectivity index (χ3v) is 10.7. The van der Waals surface area contributed by atoms with Crippen molar-refractivity contribution in [3.8, 4) is 0 Å². The highest BCUT2D eigenvalue weighted by molar-refractivity contribution is 5.80. The molecule has 0 aliphatic carbocycles. The van der Waals surface area contributed by atoms with Gasteiger partial charge in [0.05, 0.1) is 25.4 Å². The molecule has 0 saturated carbocycles. The second kappa shape index (κ2) is 32.4. The van der Waals surface area contributed by atoms with Gasteiger partial charge >= 0.3 is 0 Å². The first-order chi connectivity index (χ1) is 25.2. The van der Waals surface area contributed by atoms with Gasteiger partial charge in [-0.3, -0.25) is 4.79 Å². The van der Waals surface area contributed by atoms with E-state index in [4.69, 9.17) is 9.47 Å². The zero-order valence-electron chi connectivity index (χ0n) is 33.1. The van der Waals surface area contributed by atoms with Crippen LogP contribution < -0.4 is 5.32 Å².